The van der Waals surface area contributed by atoms with E-state index >= 15 is 0 Å². The average molecular weight is 549 g/mol. The molecule has 0 spiro atoms. The number of aromatic nitrogens is 4. The Labute approximate surface area is 211 Å². The summed E-state index contributed by atoms with van der Waals surface area (Å²) in [5.74, 6) is 0.372. The molecule has 0 bridgehead atoms. The second-order valence-electron chi connectivity index (χ2n) is 10.1. The summed E-state index contributed by atoms with van der Waals surface area (Å²) in [6.45, 7) is 6.55. The van der Waals surface area contributed by atoms with Crippen LogP contribution in [-0.4, -0.2) is 78.7 Å². The molecule has 5 rings (SSSR count). The van der Waals surface area contributed by atoms with Gasteiger partial charge in [-0.15, -0.1) is 5.10 Å². The molecule has 35 heavy (non-hydrogen) atoms. The smallest absolute Gasteiger partial charge is 0.254 e. The minimum absolute atomic E-state index is 0.282. The van der Waals surface area contributed by atoms with Crippen LogP contribution in [0.4, 0.5) is 4.39 Å². The number of piperazine rings is 1. The van der Waals surface area contributed by atoms with Crippen molar-refractivity contribution in [1.82, 2.24) is 29.8 Å². The lowest BCUT2D eigenvalue weighted by molar-refractivity contribution is -0.149. The van der Waals surface area contributed by atoms with Gasteiger partial charge >= 0.3 is 0 Å². The first-order valence-corrected chi connectivity index (χ1v) is 12.8. The number of halogens is 2. The summed E-state index contributed by atoms with van der Waals surface area (Å²) >= 11 is 3.67. The van der Waals surface area contributed by atoms with Crippen molar-refractivity contribution >= 4 is 32.4 Å². The molecule has 2 aromatic rings. The Bertz CT molecular complexity index is 1230. The van der Waals surface area contributed by atoms with Gasteiger partial charge in [0.1, 0.15) is 22.9 Å². The first-order valence-electron chi connectivity index (χ1n) is 12.0. The van der Waals surface area contributed by atoms with Gasteiger partial charge in [-0.25, -0.2) is 14.1 Å². The van der Waals surface area contributed by atoms with Gasteiger partial charge in [-0.3, -0.25) is 9.69 Å². The van der Waals surface area contributed by atoms with E-state index in [1.54, 1.807) is 4.90 Å². The van der Waals surface area contributed by atoms with Crippen LogP contribution in [0.15, 0.2) is 12.3 Å². The molecule has 3 heterocycles. The number of pyridine rings is 1. The Morgan fingerprint density at radius 3 is 2.71 bits per heavy atom. The van der Waals surface area contributed by atoms with Crippen molar-refractivity contribution in [2.45, 2.75) is 57.9 Å². The fraction of sp³-hybridized carbons (Fsp3) is 0.583. The van der Waals surface area contributed by atoms with Gasteiger partial charge in [-0.05, 0) is 54.6 Å². The lowest BCUT2D eigenvalue weighted by atomic mass is 10.1. The van der Waals surface area contributed by atoms with Gasteiger partial charge in [0.05, 0.1) is 16.0 Å². The zero-order valence-corrected chi connectivity index (χ0v) is 21.5. The lowest BCUT2D eigenvalue weighted by Gasteiger charge is -2.37. The van der Waals surface area contributed by atoms with E-state index in [-0.39, 0.29) is 12.0 Å². The first-order chi connectivity index (χ1) is 16.7. The van der Waals surface area contributed by atoms with Crippen molar-refractivity contribution in [1.29, 1.82) is 0 Å². The molecule has 188 valence electrons. The normalized spacial score (nSPS) is 21.0. The summed E-state index contributed by atoms with van der Waals surface area (Å²) in [6.07, 6.45) is 6.05. The van der Waals surface area contributed by atoms with Gasteiger partial charge in [0.25, 0.3) is 5.91 Å². The third kappa shape index (κ3) is 5.41. The van der Waals surface area contributed by atoms with Crippen LogP contribution >= 0.6 is 15.9 Å². The highest BCUT2D eigenvalue weighted by molar-refractivity contribution is 9.15. The van der Waals surface area contributed by atoms with Crippen LogP contribution in [0.25, 0.3) is 10.6 Å². The summed E-state index contributed by atoms with van der Waals surface area (Å²) < 4.78 is 23.1. The number of rotatable bonds is 7. The summed E-state index contributed by atoms with van der Waals surface area (Å²) in [7, 11) is 0. The second-order valence-corrected chi connectivity index (χ2v) is 10.9. The maximum Gasteiger partial charge on any atom is 0.254 e. The first kappa shape index (κ1) is 24.3. The number of hydrogen-bond acceptors (Lipinski definition) is 7. The number of nitrogens with zero attached hydrogens (tertiary/aromatic N) is 6. The van der Waals surface area contributed by atoms with Crippen LogP contribution in [-0.2, 0) is 17.9 Å². The van der Waals surface area contributed by atoms with E-state index in [1.807, 2.05) is 4.68 Å². The summed E-state index contributed by atoms with van der Waals surface area (Å²) in [5, 5.41) is 20.5. The summed E-state index contributed by atoms with van der Waals surface area (Å²) in [5.41, 5.74) is -0.740. The van der Waals surface area contributed by atoms with E-state index in [4.69, 9.17) is 4.74 Å². The fourth-order valence-corrected chi connectivity index (χ4v) is 5.07. The topological polar surface area (TPSA) is 96.6 Å². The Morgan fingerprint density at radius 1 is 1.29 bits per heavy atom. The third-order valence-electron chi connectivity index (χ3n) is 6.66. The number of ether oxygens (including phenoxy) is 1. The number of fused-ring (bicyclic) bond motifs is 1. The molecule has 0 radical (unpaired) electrons. The van der Waals surface area contributed by atoms with E-state index in [2.05, 4.69) is 42.2 Å². The number of carbonyl (C=O) groups excluding carboxylic acids is 1. The van der Waals surface area contributed by atoms with Gasteiger partial charge in [0.15, 0.2) is 0 Å². The molecule has 2 fully saturated rings. The van der Waals surface area contributed by atoms with Crippen molar-refractivity contribution in [3.63, 3.8) is 0 Å². The molecule has 1 amide bonds. The van der Waals surface area contributed by atoms with Gasteiger partial charge < -0.3 is 14.7 Å². The number of amides is 1. The van der Waals surface area contributed by atoms with Crippen molar-refractivity contribution in [3.05, 3.63) is 34.3 Å². The molecule has 11 heteroatoms. The fourth-order valence-electron chi connectivity index (χ4n) is 4.51. The highest BCUT2D eigenvalue weighted by Gasteiger charge is 2.32. The molecule has 1 atom stereocenters. The predicted octanol–water partition coefficient (Wildman–Crippen LogP) is 0.772. The van der Waals surface area contributed by atoms with Gasteiger partial charge in [-0.1, -0.05) is 11.3 Å². The Balaban J connectivity index is 1.28. The molecule has 1 aliphatic heterocycles. The lowest BCUT2D eigenvalue weighted by Crippen LogP contribution is -2.53. The monoisotopic (exact) mass is 548 g/mol. The highest BCUT2D eigenvalue weighted by Crippen LogP contribution is 2.30. The van der Waals surface area contributed by atoms with Crippen molar-refractivity contribution in [2.24, 2.45) is 5.92 Å². The standard InChI is InChI=1S/C24H30BrFN6O3/c1-24(2,34)23(33)31-9-7-30(8-10-31)14-16-11-17(26)12-27-22(16)35-19-6-5-18-21(20(19)25)28-29-32(18)13-15-3-4-15/h5,11-12,15,19,34H,3-4,6-10,13-14H2,1-2H3. The second kappa shape index (κ2) is 9.59. The summed E-state index contributed by atoms with van der Waals surface area (Å²) in [6, 6.07) is 1.45. The van der Waals surface area contributed by atoms with Crippen molar-refractivity contribution in [3.8, 4) is 5.88 Å². The molecule has 1 N–H and O–H groups in total. The minimum Gasteiger partial charge on any atom is -0.468 e. The van der Waals surface area contributed by atoms with E-state index in [0.29, 0.717) is 56.5 Å². The van der Waals surface area contributed by atoms with Crippen LogP contribution in [0, 0.1) is 11.7 Å². The predicted molar refractivity (Wildman–Crippen MR) is 130 cm³/mol. The molecule has 1 unspecified atom stereocenters. The third-order valence-corrected chi connectivity index (χ3v) is 7.54. The Hall–Kier alpha value is -2.37. The molecule has 2 aromatic heterocycles. The molecule has 9 nitrogen and oxygen atoms in total. The van der Waals surface area contributed by atoms with Crippen LogP contribution in [0.3, 0.4) is 0 Å². The quantitative estimate of drug-likeness (QED) is 0.545. The maximum atomic E-state index is 14.1. The minimum atomic E-state index is -1.39. The van der Waals surface area contributed by atoms with E-state index in [0.717, 1.165) is 27.9 Å². The van der Waals surface area contributed by atoms with Crippen LogP contribution in [0.2, 0.25) is 0 Å². The van der Waals surface area contributed by atoms with Gasteiger partial charge in [0, 0.05) is 51.3 Å². The molecule has 2 aliphatic carbocycles. The van der Waals surface area contributed by atoms with Gasteiger partial charge in [-0.2, -0.15) is 0 Å². The highest BCUT2D eigenvalue weighted by atomic mass is 79.9. The Kier molecular flexibility index (Phi) is 6.67. The number of aliphatic hydroxyl groups is 1. The molecule has 1 saturated carbocycles. The van der Waals surface area contributed by atoms with Crippen LogP contribution in [0.1, 0.15) is 38.7 Å². The molecule has 1 saturated heterocycles. The zero-order valence-electron chi connectivity index (χ0n) is 20.0. The molecular formula is C24H30BrFN6O3. The number of carbonyl (C=O) groups is 1. The van der Waals surface area contributed by atoms with Crippen molar-refractivity contribution in [2.75, 3.05) is 26.2 Å². The number of hydrogen-bond donors (Lipinski definition) is 1. The van der Waals surface area contributed by atoms with E-state index in [1.165, 1.54) is 32.8 Å². The van der Waals surface area contributed by atoms with Crippen LogP contribution < -0.4 is 15.4 Å². The van der Waals surface area contributed by atoms with Gasteiger partial charge in [0.2, 0.25) is 5.88 Å². The molecular weight excluding hydrogens is 519 g/mol. The zero-order chi connectivity index (χ0) is 24.7. The SMILES string of the molecule is CC(C)(O)C(=O)N1CCN(Cc2cc(F)cnc2OC2CC=c3c(nnn3CC3CC3)=C2Br)CC1. The summed E-state index contributed by atoms with van der Waals surface area (Å²) in [4.78, 5) is 20.4. The van der Waals surface area contributed by atoms with Crippen LogP contribution in [0.5, 0.6) is 5.88 Å². The Morgan fingerprint density at radius 2 is 2.03 bits per heavy atom. The van der Waals surface area contributed by atoms with E-state index < -0.39 is 11.4 Å². The largest absolute Gasteiger partial charge is 0.468 e. The average Bonchev–Trinajstić information content (AvgIpc) is 3.54. The molecule has 0 aromatic carbocycles. The molecule has 3 aliphatic rings. The maximum absolute atomic E-state index is 14.1. The van der Waals surface area contributed by atoms with E-state index in [9.17, 15) is 14.3 Å². The van der Waals surface area contributed by atoms with Crippen molar-refractivity contribution < 1.29 is 19.0 Å².